The summed E-state index contributed by atoms with van der Waals surface area (Å²) in [6.45, 7) is 4.42. The van der Waals surface area contributed by atoms with Gasteiger partial charge in [-0.2, -0.15) is 0 Å². The van der Waals surface area contributed by atoms with Crippen molar-refractivity contribution in [3.05, 3.63) is 23.8 Å². The first-order valence-electron chi connectivity index (χ1n) is 7.91. The highest BCUT2D eigenvalue weighted by molar-refractivity contribution is 7.92. The SMILES string of the molecule is CCCCS(=O)(=O)N1CCc2ccc(NC(=O)CCC)cc21. The van der Waals surface area contributed by atoms with Crippen LogP contribution in [0.15, 0.2) is 18.2 Å². The van der Waals surface area contributed by atoms with Gasteiger partial charge in [-0.3, -0.25) is 9.10 Å². The van der Waals surface area contributed by atoms with Crippen molar-refractivity contribution in [2.75, 3.05) is 21.9 Å². The quantitative estimate of drug-likeness (QED) is 0.838. The van der Waals surface area contributed by atoms with Crippen LogP contribution in [0.4, 0.5) is 11.4 Å². The predicted molar refractivity (Wildman–Crippen MR) is 89.7 cm³/mol. The highest BCUT2D eigenvalue weighted by Crippen LogP contribution is 2.33. The molecule has 2 rings (SSSR count). The molecule has 0 fully saturated rings. The van der Waals surface area contributed by atoms with E-state index in [1.807, 2.05) is 26.0 Å². The van der Waals surface area contributed by atoms with Crippen LogP contribution >= 0.6 is 0 Å². The Morgan fingerprint density at radius 3 is 2.73 bits per heavy atom. The van der Waals surface area contributed by atoms with Crippen molar-refractivity contribution in [2.24, 2.45) is 0 Å². The Kier molecular flexibility index (Phi) is 5.45. The number of hydrogen-bond acceptors (Lipinski definition) is 3. The third-order valence-corrected chi connectivity index (χ3v) is 5.65. The number of carbonyl (C=O) groups excluding carboxylic acids is 1. The zero-order valence-electron chi connectivity index (χ0n) is 13.3. The Hall–Kier alpha value is -1.56. The summed E-state index contributed by atoms with van der Waals surface area (Å²) in [6, 6.07) is 5.53. The molecule has 1 aromatic carbocycles. The molecule has 0 aromatic heterocycles. The highest BCUT2D eigenvalue weighted by atomic mass is 32.2. The van der Waals surface area contributed by atoms with E-state index in [4.69, 9.17) is 0 Å². The minimum Gasteiger partial charge on any atom is -0.326 e. The molecule has 0 spiro atoms. The number of hydrogen-bond donors (Lipinski definition) is 1. The van der Waals surface area contributed by atoms with Crippen LogP contribution in [0.1, 0.15) is 45.1 Å². The molecule has 0 atom stereocenters. The Morgan fingerprint density at radius 2 is 2.05 bits per heavy atom. The maximum Gasteiger partial charge on any atom is 0.235 e. The van der Waals surface area contributed by atoms with Crippen LogP contribution in [0.25, 0.3) is 0 Å². The number of nitrogens with zero attached hydrogens (tertiary/aromatic N) is 1. The van der Waals surface area contributed by atoms with Crippen molar-refractivity contribution in [1.29, 1.82) is 0 Å². The van der Waals surface area contributed by atoms with Gasteiger partial charge >= 0.3 is 0 Å². The van der Waals surface area contributed by atoms with Crippen molar-refractivity contribution in [2.45, 2.75) is 46.0 Å². The Bertz CT molecular complexity index is 641. The highest BCUT2D eigenvalue weighted by Gasteiger charge is 2.29. The molecule has 0 radical (unpaired) electrons. The molecule has 0 unspecified atom stereocenters. The summed E-state index contributed by atoms with van der Waals surface area (Å²) in [6.07, 6.45) is 3.50. The lowest BCUT2D eigenvalue weighted by molar-refractivity contribution is -0.116. The molecule has 6 heteroatoms. The molecule has 22 heavy (non-hydrogen) atoms. The molecule has 0 bridgehead atoms. The molecule has 122 valence electrons. The van der Waals surface area contributed by atoms with Crippen molar-refractivity contribution in [1.82, 2.24) is 0 Å². The number of benzene rings is 1. The number of carbonyl (C=O) groups is 1. The number of nitrogens with one attached hydrogen (secondary N) is 1. The van der Waals surface area contributed by atoms with Gasteiger partial charge in [-0.05, 0) is 37.0 Å². The minimum absolute atomic E-state index is 0.0409. The van der Waals surface area contributed by atoms with Gasteiger partial charge in [-0.25, -0.2) is 8.42 Å². The van der Waals surface area contributed by atoms with Gasteiger partial charge in [0, 0.05) is 18.7 Å². The third-order valence-electron chi connectivity index (χ3n) is 3.79. The molecule has 0 saturated heterocycles. The number of fused-ring (bicyclic) bond motifs is 1. The van der Waals surface area contributed by atoms with Crippen molar-refractivity contribution < 1.29 is 13.2 Å². The molecular weight excluding hydrogens is 300 g/mol. The number of sulfonamides is 1. The van der Waals surface area contributed by atoms with Crippen LogP contribution < -0.4 is 9.62 Å². The van der Waals surface area contributed by atoms with E-state index in [1.54, 1.807) is 6.07 Å². The van der Waals surface area contributed by atoms with E-state index >= 15 is 0 Å². The summed E-state index contributed by atoms with van der Waals surface area (Å²) in [5.74, 6) is 0.135. The summed E-state index contributed by atoms with van der Waals surface area (Å²) >= 11 is 0. The topological polar surface area (TPSA) is 66.5 Å². The average Bonchev–Trinajstić information content (AvgIpc) is 2.89. The zero-order chi connectivity index (χ0) is 16.2. The molecule has 1 heterocycles. The van der Waals surface area contributed by atoms with E-state index in [1.165, 1.54) is 4.31 Å². The van der Waals surface area contributed by atoms with Crippen molar-refractivity contribution >= 4 is 27.3 Å². The minimum atomic E-state index is -3.27. The van der Waals surface area contributed by atoms with Crippen molar-refractivity contribution in [3.63, 3.8) is 0 Å². The number of amides is 1. The Labute approximate surface area is 132 Å². The molecule has 0 saturated carbocycles. The fourth-order valence-corrected chi connectivity index (χ4v) is 4.32. The second-order valence-corrected chi connectivity index (χ2v) is 7.65. The van der Waals surface area contributed by atoms with E-state index in [-0.39, 0.29) is 11.7 Å². The van der Waals surface area contributed by atoms with Gasteiger partial charge in [0.05, 0.1) is 11.4 Å². The largest absolute Gasteiger partial charge is 0.326 e. The maximum absolute atomic E-state index is 12.4. The van der Waals surface area contributed by atoms with Gasteiger partial charge in [0.2, 0.25) is 15.9 Å². The van der Waals surface area contributed by atoms with Crippen LogP contribution in [0.5, 0.6) is 0 Å². The van der Waals surface area contributed by atoms with Crippen LogP contribution in [0, 0.1) is 0 Å². The van der Waals surface area contributed by atoms with Gasteiger partial charge in [0.1, 0.15) is 0 Å². The smallest absolute Gasteiger partial charge is 0.235 e. The second-order valence-electron chi connectivity index (χ2n) is 5.63. The Morgan fingerprint density at radius 1 is 1.27 bits per heavy atom. The lowest BCUT2D eigenvalue weighted by atomic mass is 10.1. The van der Waals surface area contributed by atoms with Crippen LogP contribution in [-0.4, -0.2) is 26.6 Å². The summed E-state index contributed by atoms with van der Waals surface area (Å²) in [5.41, 5.74) is 2.40. The number of unbranched alkanes of at least 4 members (excludes halogenated alkanes) is 1. The summed E-state index contributed by atoms with van der Waals surface area (Å²) in [5, 5.41) is 2.83. The average molecular weight is 324 g/mol. The molecule has 1 aliphatic rings. The monoisotopic (exact) mass is 324 g/mol. The van der Waals surface area contributed by atoms with E-state index in [2.05, 4.69) is 5.32 Å². The lowest BCUT2D eigenvalue weighted by Gasteiger charge is -2.20. The normalized spacial score (nSPS) is 14.0. The number of anilines is 2. The molecule has 0 aliphatic carbocycles. The molecule has 5 nitrogen and oxygen atoms in total. The third kappa shape index (κ3) is 3.80. The van der Waals surface area contributed by atoms with Gasteiger partial charge < -0.3 is 5.32 Å². The van der Waals surface area contributed by atoms with Gasteiger partial charge in [-0.1, -0.05) is 26.3 Å². The van der Waals surface area contributed by atoms with E-state index in [0.29, 0.717) is 30.8 Å². The summed E-state index contributed by atoms with van der Waals surface area (Å²) in [4.78, 5) is 11.7. The van der Waals surface area contributed by atoms with Gasteiger partial charge in [0.25, 0.3) is 0 Å². The van der Waals surface area contributed by atoms with Gasteiger partial charge in [-0.15, -0.1) is 0 Å². The molecule has 1 aromatic rings. The fraction of sp³-hybridized carbons (Fsp3) is 0.562. The van der Waals surface area contributed by atoms with Gasteiger partial charge in [0.15, 0.2) is 0 Å². The lowest BCUT2D eigenvalue weighted by Crippen LogP contribution is -2.31. The predicted octanol–water partition coefficient (Wildman–Crippen LogP) is 2.92. The summed E-state index contributed by atoms with van der Waals surface area (Å²) in [7, 11) is -3.27. The first kappa shape index (κ1) is 16.8. The van der Waals surface area contributed by atoms with Crippen LogP contribution in [-0.2, 0) is 21.2 Å². The number of rotatable bonds is 7. The molecule has 1 aliphatic heterocycles. The first-order valence-corrected chi connectivity index (χ1v) is 9.52. The maximum atomic E-state index is 12.4. The van der Waals surface area contributed by atoms with Crippen molar-refractivity contribution in [3.8, 4) is 0 Å². The summed E-state index contributed by atoms with van der Waals surface area (Å²) < 4.78 is 26.4. The standard InChI is InChI=1S/C16H24N2O3S/c1-3-5-11-22(20,21)18-10-9-13-7-8-14(12-15(13)18)17-16(19)6-4-2/h7-8,12H,3-6,9-11H2,1-2H3,(H,17,19). The van der Waals surface area contributed by atoms with E-state index < -0.39 is 10.0 Å². The zero-order valence-corrected chi connectivity index (χ0v) is 14.1. The Balaban J connectivity index is 2.21. The van der Waals surface area contributed by atoms with Crippen LogP contribution in [0.3, 0.4) is 0 Å². The second kappa shape index (κ2) is 7.13. The first-order chi connectivity index (χ1) is 10.5. The molecule has 1 N–H and O–H groups in total. The fourth-order valence-electron chi connectivity index (χ4n) is 2.60. The van der Waals surface area contributed by atoms with Crippen LogP contribution in [0.2, 0.25) is 0 Å². The molecule has 1 amide bonds. The van der Waals surface area contributed by atoms with E-state index in [0.717, 1.165) is 24.8 Å². The molecular formula is C16H24N2O3S. The van der Waals surface area contributed by atoms with E-state index in [9.17, 15) is 13.2 Å².